The van der Waals surface area contributed by atoms with Crippen molar-refractivity contribution in [1.29, 1.82) is 0 Å². The van der Waals surface area contributed by atoms with Crippen molar-refractivity contribution in [2.24, 2.45) is 13.0 Å². The van der Waals surface area contributed by atoms with Crippen LogP contribution in [-0.2, 0) is 29.7 Å². The fourth-order valence-electron chi connectivity index (χ4n) is 3.60. The van der Waals surface area contributed by atoms with Gasteiger partial charge in [-0.2, -0.15) is 0 Å². The van der Waals surface area contributed by atoms with Gasteiger partial charge in [0.15, 0.2) is 0 Å². The highest BCUT2D eigenvalue weighted by atomic mass is 32.2. The van der Waals surface area contributed by atoms with Crippen LogP contribution in [0.2, 0.25) is 0 Å². The molecule has 5 nitrogen and oxygen atoms in total. The Hall–Kier alpha value is -2.99. The van der Waals surface area contributed by atoms with Crippen LogP contribution in [0.5, 0.6) is 0 Å². The van der Waals surface area contributed by atoms with E-state index in [0.29, 0.717) is 25.4 Å². The molecule has 0 spiro atoms. The summed E-state index contributed by atoms with van der Waals surface area (Å²) in [5.41, 5.74) is 2.13. The number of hydrogen-bond donors (Lipinski definition) is 0. The molecular formula is C27H33N3O2S. The smallest absolute Gasteiger partial charge is 0.242 e. The molecule has 0 saturated carbocycles. The fourth-order valence-corrected chi connectivity index (χ4v) is 4.43. The van der Waals surface area contributed by atoms with Crippen LogP contribution in [0.4, 0.5) is 0 Å². The van der Waals surface area contributed by atoms with Crippen molar-refractivity contribution in [3.05, 3.63) is 90.3 Å². The second kappa shape index (κ2) is 12.3. The lowest BCUT2D eigenvalue weighted by atomic mass is 10.2. The maximum atomic E-state index is 13.5. The summed E-state index contributed by atoms with van der Waals surface area (Å²) in [5.74, 6) is 0.544. The molecule has 174 valence electrons. The van der Waals surface area contributed by atoms with E-state index in [0.717, 1.165) is 16.2 Å². The number of nitrogens with zero attached hydrogens (tertiary/aromatic N) is 3. The third-order valence-electron chi connectivity index (χ3n) is 5.34. The van der Waals surface area contributed by atoms with E-state index in [1.807, 2.05) is 95.5 Å². The molecule has 2 aromatic carbocycles. The maximum absolute atomic E-state index is 13.5. The number of benzene rings is 2. The van der Waals surface area contributed by atoms with E-state index >= 15 is 0 Å². The first kappa shape index (κ1) is 24.6. The number of aryl methyl sites for hydroxylation is 1. The highest BCUT2D eigenvalue weighted by Crippen LogP contribution is 2.18. The number of hydrogen-bond acceptors (Lipinski definition) is 3. The molecule has 6 heteroatoms. The van der Waals surface area contributed by atoms with E-state index in [2.05, 4.69) is 13.8 Å². The molecule has 0 saturated heterocycles. The zero-order chi connectivity index (χ0) is 23.6. The van der Waals surface area contributed by atoms with Crippen LogP contribution in [0.25, 0.3) is 0 Å². The monoisotopic (exact) mass is 463 g/mol. The zero-order valence-electron chi connectivity index (χ0n) is 19.7. The van der Waals surface area contributed by atoms with Crippen molar-refractivity contribution < 1.29 is 9.59 Å². The predicted octanol–water partition coefficient (Wildman–Crippen LogP) is 4.83. The summed E-state index contributed by atoms with van der Waals surface area (Å²) in [6.45, 7) is 5.79. The quantitative estimate of drug-likeness (QED) is 0.383. The van der Waals surface area contributed by atoms with E-state index in [1.54, 1.807) is 4.90 Å². The van der Waals surface area contributed by atoms with Gasteiger partial charge in [0.1, 0.15) is 0 Å². The van der Waals surface area contributed by atoms with Gasteiger partial charge in [0.05, 0.1) is 18.8 Å². The van der Waals surface area contributed by atoms with Crippen molar-refractivity contribution in [1.82, 2.24) is 14.4 Å². The summed E-state index contributed by atoms with van der Waals surface area (Å²) in [5, 5.41) is 0. The lowest BCUT2D eigenvalue weighted by Gasteiger charge is -2.29. The number of carbonyl (C=O) groups is 2. The minimum atomic E-state index is -0.0428. The van der Waals surface area contributed by atoms with Crippen LogP contribution in [0, 0.1) is 5.92 Å². The standard InChI is InChI=1S/C27H33N3O2S/c1-22(2)17-29(27(32)21-33-25-14-8-5-9-15-25)20-26(31)30(18-23-11-6-4-7-12-23)19-24-13-10-16-28(24)3/h4-16,22H,17-21H2,1-3H3. The van der Waals surface area contributed by atoms with Gasteiger partial charge in [-0.15, -0.1) is 11.8 Å². The molecule has 0 N–H and O–H groups in total. The number of amides is 2. The molecule has 1 aromatic heterocycles. The number of carbonyl (C=O) groups excluding carboxylic acids is 2. The van der Waals surface area contributed by atoms with Crippen molar-refractivity contribution in [3.63, 3.8) is 0 Å². The topological polar surface area (TPSA) is 45.6 Å². The van der Waals surface area contributed by atoms with Crippen molar-refractivity contribution >= 4 is 23.6 Å². The van der Waals surface area contributed by atoms with Gasteiger partial charge in [-0.05, 0) is 35.7 Å². The van der Waals surface area contributed by atoms with Gasteiger partial charge in [-0.3, -0.25) is 9.59 Å². The van der Waals surface area contributed by atoms with Crippen LogP contribution in [0.1, 0.15) is 25.1 Å². The average molecular weight is 464 g/mol. The highest BCUT2D eigenvalue weighted by molar-refractivity contribution is 8.00. The summed E-state index contributed by atoms with van der Waals surface area (Å²) in [6, 6.07) is 23.9. The first-order valence-electron chi connectivity index (χ1n) is 11.3. The van der Waals surface area contributed by atoms with Gasteiger partial charge < -0.3 is 14.4 Å². The third-order valence-corrected chi connectivity index (χ3v) is 6.34. The molecule has 2 amide bonds. The van der Waals surface area contributed by atoms with Gasteiger partial charge in [-0.25, -0.2) is 0 Å². The Balaban J connectivity index is 1.72. The van der Waals surface area contributed by atoms with Gasteiger partial charge in [0.2, 0.25) is 11.8 Å². The summed E-state index contributed by atoms with van der Waals surface area (Å²) in [4.78, 5) is 31.2. The van der Waals surface area contributed by atoms with E-state index in [4.69, 9.17) is 0 Å². The Morgan fingerprint density at radius 2 is 1.52 bits per heavy atom. The van der Waals surface area contributed by atoms with Crippen molar-refractivity contribution in [2.45, 2.75) is 31.8 Å². The zero-order valence-corrected chi connectivity index (χ0v) is 20.5. The summed E-state index contributed by atoms with van der Waals surface area (Å²) in [7, 11) is 1.98. The van der Waals surface area contributed by atoms with Crippen molar-refractivity contribution in [3.8, 4) is 0 Å². The Bertz CT molecular complexity index is 1020. The molecule has 0 aliphatic heterocycles. The molecule has 33 heavy (non-hydrogen) atoms. The molecule has 1 heterocycles. The molecule has 0 radical (unpaired) electrons. The third kappa shape index (κ3) is 7.82. The van der Waals surface area contributed by atoms with Crippen molar-refractivity contribution in [2.75, 3.05) is 18.8 Å². The Morgan fingerprint density at radius 1 is 0.848 bits per heavy atom. The fraction of sp³-hybridized carbons (Fsp3) is 0.333. The van der Waals surface area contributed by atoms with Gasteiger partial charge in [-0.1, -0.05) is 62.4 Å². The van der Waals surface area contributed by atoms with Crippen LogP contribution in [0.3, 0.4) is 0 Å². The molecule has 3 aromatic rings. The number of rotatable bonds is 11. The summed E-state index contributed by atoms with van der Waals surface area (Å²) >= 11 is 1.51. The predicted molar refractivity (Wildman–Crippen MR) is 135 cm³/mol. The number of thioether (sulfide) groups is 1. The van der Waals surface area contributed by atoms with Gasteiger partial charge in [0.25, 0.3) is 0 Å². The van der Waals surface area contributed by atoms with Crippen LogP contribution < -0.4 is 0 Å². The highest BCUT2D eigenvalue weighted by Gasteiger charge is 2.23. The van der Waals surface area contributed by atoms with Crippen LogP contribution >= 0.6 is 11.8 Å². The average Bonchev–Trinajstić information content (AvgIpc) is 3.22. The lowest BCUT2D eigenvalue weighted by molar-refractivity contribution is -0.140. The molecule has 3 rings (SSSR count). The number of aromatic nitrogens is 1. The second-order valence-electron chi connectivity index (χ2n) is 8.62. The molecule has 0 fully saturated rings. The van der Waals surface area contributed by atoms with E-state index in [9.17, 15) is 9.59 Å². The normalized spacial score (nSPS) is 10.9. The Kier molecular flexibility index (Phi) is 9.19. The summed E-state index contributed by atoms with van der Waals surface area (Å²) in [6.07, 6.45) is 1.98. The molecule has 0 bridgehead atoms. The minimum Gasteiger partial charge on any atom is -0.353 e. The van der Waals surface area contributed by atoms with E-state index in [-0.39, 0.29) is 24.3 Å². The minimum absolute atomic E-state index is 0.00979. The van der Waals surface area contributed by atoms with Gasteiger partial charge >= 0.3 is 0 Å². The maximum Gasteiger partial charge on any atom is 0.242 e. The molecular weight excluding hydrogens is 430 g/mol. The summed E-state index contributed by atoms with van der Waals surface area (Å²) < 4.78 is 2.03. The van der Waals surface area contributed by atoms with E-state index < -0.39 is 0 Å². The van der Waals surface area contributed by atoms with Gasteiger partial charge in [0, 0.05) is 36.9 Å². The molecule has 0 aliphatic rings. The second-order valence-corrected chi connectivity index (χ2v) is 9.66. The van der Waals surface area contributed by atoms with E-state index in [1.165, 1.54) is 11.8 Å². The Morgan fingerprint density at radius 3 is 2.12 bits per heavy atom. The first-order valence-corrected chi connectivity index (χ1v) is 12.3. The Labute approximate surface area is 201 Å². The largest absolute Gasteiger partial charge is 0.353 e. The van der Waals surface area contributed by atoms with Crippen LogP contribution in [-0.4, -0.2) is 45.0 Å². The van der Waals surface area contributed by atoms with Crippen LogP contribution in [0.15, 0.2) is 83.9 Å². The molecule has 0 atom stereocenters. The first-order chi connectivity index (χ1) is 15.9. The SMILES string of the molecule is CC(C)CN(CC(=O)N(Cc1ccccc1)Cc1cccn1C)C(=O)CSc1ccccc1. The molecule has 0 unspecified atom stereocenters. The molecule has 0 aliphatic carbocycles. The lowest BCUT2D eigenvalue weighted by Crippen LogP contribution is -2.44.